The summed E-state index contributed by atoms with van der Waals surface area (Å²) in [6.07, 6.45) is 1.67. The highest BCUT2D eigenvalue weighted by Crippen LogP contribution is 2.42. The van der Waals surface area contributed by atoms with Crippen molar-refractivity contribution in [1.29, 1.82) is 0 Å². The van der Waals surface area contributed by atoms with E-state index in [0.29, 0.717) is 41.4 Å². The number of benzene rings is 1. The summed E-state index contributed by atoms with van der Waals surface area (Å²) in [6.45, 7) is 4.45. The number of carbonyl (C=O) groups is 1. The Kier molecular flexibility index (Phi) is 5.51. The summed E-state index contributed by atoms with van der Waals surface area (Å²) >= 11 is 7.65. The summed E-state index contributed by atoms with van der Waals surface area (Å²) in [5.74, 6) is -0.00339. The van der Waals surface area contributed by atoms with Gasteiger partial charge in [0.05, 0.1) is 23.2 Å². The number of hydrogen-bond acceptors (Lipinski definition) is 7. The van der Waals surface area contributed by atoms with E-state index < -0.39 is 5.82 Å². The molecule has 3 aromatic rings. The van der Waals surface area contributed by atoms with Crippen LogP contribution in [0, 0.1) is 5.82 Å². The molecule has 152 valence electrons. The molecule has 1 aliphatic rings. The van der Waals surface area contributed by atoms with E-state index in [1.54, 1.807) is 11.6 Å². The van der Waals surface area contributed by atoms with Gasteiger partial charge in [-0.15, -0.1) is 11.3 Å². The highest BCUT2D eigenvalue weighted by molar-refractivity contribution is 7.16. The van der Waals surface area contributed by atoms with E-state index in [9.17, 15) is 4.79 Å². The lowest BCUT2D eigenvalue weighted by Crippen LogP contribution is -2.16. The molecule has 0 spiro atoms. The molecule has 1 fully saturated rings. The van der Waals surface area contributed by atoms with Crippen molar-refractivity contribution in [3.8, 4) is 5.75 Å². The van der Waals surface area contributed by atoms with Gasteiger partial charge in [0.1, 0.15) is 28.2 Å². The number of nitrogens with zero attached hydrogens (tertiary/aromatic N) is 3. The van der Waals surface area contributed by atoms with Crippen LogP contribution in [-0.4, -0.2) is 34.0 Å². The fourth-order valence-corrected chi connectivity index (χ4v) is 4.38. The molecule has 1 aromatic carbocycles. The zero-order valence-electron chi connectivity index (χ0n) is 15.8. The van der Waals surface area contributed by atoms with E-state index in [1.165, 1.54) is 17.7 Å². The number of halogens is 2. The van der Waals surface area contributed by atoms with Crippen molar-refractivity contribution in [2.45, 2.75) is 32.2 Å². The minimum absolute atomic E-state index is 0.00653. The Labute approximate surface area is 175 Å². The van der Waals surface area contributed by atoms with Crippen molar-refractivity contribution in [2.75, 3.05) is 18.5 Å². The van der Waals surface area contributed by atoms with Crippen LogP contribution in [0.25, 0.3) is 10.3 Å². The first kappa shape index (κ1) is 19.8. The van der Waals surface area contributed by atoms with E-state index in [4.69, 9.17) is 16.3 Å². The van der Waals surface area contributed by atoms with E-state index in [0.717, 1.165) is 4.83 Å². The lowest BCUT2D eigenvalue weighted by Gasteiger charge is -2.24. The van der Waals surface area contributed by atoms with E-state index in [2.05, 4.69) is 25.6 Å². The molecule has 1 amide bonds. The molecule has 1 saturated heterocycles. The van der Waals surface area contributed by atoms with Gasteiger partial charge in [0.2, 0.25) is 5.91 Å². The minimum atomic E-state index is -0.545. The monoisotopic (exact) mass is 435 g/mol. The molecular formula is C19H19ClFN5O2S. The molecular weight excluding hydrogens is 417 g/mol. The molecule has 2 atom stereocenters. The summed E-state index contributed by atoms with van der Waals surface area (Å²) in [7, 11) is 0. The Bertz CT molecular complexity index is 1080. The molecule has 29 heavy (non-hydrogen) atoms. The first-order valence-electron chi connectivity index (χ1n) is 9.21. The van der Waals surface area contributed by atoms with Crippen LogP contribution in [0.5, 0.6) is 5.75 Å². The zero-order valence-corrected chi connectivity index (χ0v) is 17.4. The first-order valence-corrected chi connectivity index (χ1v) is 10.5. The molecule has 4 rings (SSSR count). The average molecular weight is 436 g/mol. The second-order valence-electron chi connectivity index (χ2n) is 6.74. The smallest absolute Gasteiger partial charge is 0.220 e. The topological polar surface area (TPSA) is 89.0 Å². The third kappa shape index (κ3) is 3.72. The van der Waals surface area contributed by atoms with Crippen LogP contribution in [0.4, 0.5) is 10.2 Å². The second-order valence-corrected chi connectivity index (χ2v) is 7.98. The maximum absolute atomic E-state index is 15.0. The van der Waals surface area contributed by atoms with Crippen LogP contribution in [0.3, 0.4) is 0 Å². The van der Waals surface area contributed by atoms with Crippen molar-refractivity contribution >= 4 is 45.0 Å². The molecule has 0 saturated carbocycles. The lowest BCUT2D eigenvalue weighted by molar-refractivity contribution is -0.119. The molecule has 0 radical (unpaired) electrons. The largest absolute Gasteiger partial charge is 0.493 e. The molecule has 0 unspecified atom stereocenters. The molecule has 1 aliphatic heterocycles. The lowest BCUT2D eigenvalue weighted by atomic mass is 9.92. The van der Waals surface area contributed by atoms with Crippen molar-refractivity contribution in [3.05, 3.63) is 39.9 Å². The summed E-state index contributed by atoms with van der Waals surface area (Å²) in [6, 6.07) is 1.26. The fourth-order valence-electron chi connectivity index (χ4n) is 3.53. The highest BCUT2D eigenvalue weighted by atomic mass is 35.5. The van der Waals surface area contributed by atoms with Crippen molar-refractivity contribution < 1.29 is 13.9 Å². The van der Waals surface area contributed by atoms with Gasteiger partial charge in [-0.1, -0.05) is 11.6 Å². The summed E-state index contributed by atoms with van der Waals surface area (Å²) in [4.78, 5) is 25.3. The van der Waals surface area contributed by atoms with Crippen LogP contribution >= 0.6 is 22.9 Å². The number of ether oxygens (including phenoxy) is 1. The Hall–Kier alpha value is -2.52. The Morgan fingerprint density at radius 2 is 2.28 bits per heavy atom. The van der Waals surface area contributed by atoms with E-state index in [1.807, 2.05) is 13.8 Å². The SMILES string of the molecule is CCOc1c([C@H](C)Nc2ncnc3scnc23)cc(Cl)c(F)c1[C@@H]1CNC(=O)C1. The van der Waals surface area contributed by atoms with Gasteiger partial charge < -0.3 is 15.4 Å². The number of nitrogens with one attached hydrogen (secondary N) is 2. The predicted octanol–water partition coefficient (Wildman–Crippen LogP) is 4.05. The zero-order chi connectivity index (χ0) is 20.5. The molecule has 0 bridgehead atoms. The third-order valence-electron chi connectivity index (χ3n) is 4.86. The number of aromatic nitrogens is 3. The van der Waals surface area contributed by atoms with E-state index in [-0.39, 0.29) is 29.3 Å². The summed E-state index contributed by atoms with van der Waals surface area (Å²) < 4.78 is 20.9. The number of carbonyl (C=O) groups excluding carboxylic acids is 1. The second kappa shape index (κ2) is 8.08. The van der Waals surface area contributed by atoms with Crippen LogP contribution in [-0.2, 0) is 4.79 Å². The van der Waals surface area contributed by atoms with Gasteiger partial charge >= 0.3 is 0 Å². The number of thiazole rings is 1. The Morgan fingerprint density at radius 3 is 3.00 bits per heavy atom. The normalized spacial score (nSPS) is 17.4. The van der Waals surface area contributed by atoms with Crippen LogP contribution in [0.2, 0.25) is 5.02 Å². The average Bonchev–Trinajstić information content (AvgIpc) is 3.34. The maximum atomic E-state index is 15.0. The number of hydrogen-bond donors (Lipinski definition) is 2. The third-order valence-corrected chi connectivity index (χ3v) is 5.87. The molecule has 7 nitrogen and oxygen atoms in total. The van der Waals surface area contributed by atoms with Gasteiger partial charge in [-0.2, -0.15) is 0 Å². The number of fused-ring (bicyclic) bond motifs is 1. The molecule has 10 heteroatoms. The van der Waals surface area contributed by atoms with Crippen LogP contribution < -0.4 is 15.4 Å². The van der Waals surface area contributed by atoms with Crippen molar-refractivity contribution in [3.63, 3.8) is 0 Å². The van der Waals surface area contributed by atoms with Gasteiger partial charge in [-0.3, -0.25) is 4.79 Å². The van der Waals surface area contributed by atoms with Gasteiger partial charge in [-0.25, -0.2) is 19.3 Å². The fraction of sp³-hybridized carbons (Fsp3) is 0.368. The van der Waals surface area contributed by atoms with Gasteiger partial charge in [0.25, 0.3) is 0 Å². The number of anilines is 1. The molecule has 2 aromatic heterocycles. The quantitative estimate of drug-likeness (QED) is 0.607. The van der Waals surface area contributed by atoms with Gasteiger partial charge in [0.15, 0.2) is 5.82 Å². The first-order chi connectivity index (χ1) is 14.0. The Balaban J connectivity index is 1.76. The minimum Gasteiger partial charge on any atom is -0.493 e. The predicted molar refractivity (Wildman–Crippen MR) is 110 cm³/mol. The number of amides is 1. The van der Waals surface area contributed by atoms with Crippen molar-refractivity contribution in [1.82, 2.24) is 20.3 Å². The van der Waals surface area contributed by atoms with Crippen LogP contribution in [0.1, 0.15) is 43.4 Å². The van der Waals surface area contributed by atoms with Gasteiger partial charge in [0, 0.05) is 30.0 Å². The molecule has 2 N–H and O–H groups in total. The van der Waals surface area contributed by atoms with Crippen LogP contribution in [0.15, 0.2) is 17.9 Å². The summed E-state index contributed by atoms with van der Waals surface area (Å²) in [5, 5.41) is 6.05. The number of rotatable bonds is 6. The molecule has 3 heterocycles. The maximum Gasteiger partial charge on any atom is 0.220 e. The van der Waals surface area contributed by atoms with Crippen molar-refractivity contribution in [2.24, 2.45) is 0 Å². The molecule has 0 aliphatic carbocycles. The van der Waals surface area contributed by atoms with Gasteiger partial charge in [-0.05, 0) is 19.9 Å². The standard InChI is InChI=1S/C19H19ClFN5O2S/c1-3-28-17-11(5-12(20)15(21)14(17)10-4-13(27)22-6-10)9(2)26-18-16-19(24-7-23-18)29-8-25-16/h5,7-10H,3-4,6H2,1-2H3,(H,22,27)(H,23,24,26)/t9-,10-/m0/s1. The van der Waals surface area contributed by atoms with E-state index >= 15 is 4.39 Å². The Morgan fingerprint density at radius 1 is 1.45 bits per heavy atom. The summed E-state index contributed by atoms with van der Waals surface area (Å²) in [5.41, 5.74) is 3.40. The highest BCUT2D eigenvalue weighted by Gasteiger charge is 2.32.